The van der Waals surface area contributed by atoms with Gasteiger partial charge in [0.1, 0.15) is 0 Å². The lowest BCUT2D eigenvalue weighted by atomic mass is 9.83. The number of carbonyl (C=O) groups excluding carboxylic acids is 2. The largest absolute Gasteiger partial charge is 0.328 e. The van der Waals surface area contributed by atoms with E-state index in [-0.39, 0.29) is 17.6 Å². The Balaban J connectivity index is 1.90. The molecule has 1 aromatic carbocycles. The molecule has 0 aliphatic heterocycles. The number of unbranched alkanes of at least 4 members (excludes halogenated alkanes) is 1. The van der Waals surface area contributed by atoms with Crippen molar-refractivity contribution >= 4 is 22.8 Å². The molecule has 0 saturated carbocycles. The number of rotatable bonds is 10. The summed E-state index contributed by atoms with van der Waals surface area (Å²) in [5, 5.41) is 14.6. The maximum absolute atomic E-state index is 13.0. The molecule has 2 unspecified atom stereocenters. The number of hydrogen-bond donors (Lipinski definition) is 1. The summed E-state index contributed by atoms with van der Waals surface area (Å²) >= 11 is 0. The molecule has 2 aromatic rings. The summed E-state index contributed by atoms with van der Waals surface area (Å²) in [6, 6.07) is 7.88. The Kier molecular flexibility index (Phi) is 8.31. The number of amides is 1. The first kappa shape index (κ1) is 24.6. The molecule has 7 nitrogen and oxygen atoms in total. The van der Waals surface area contributed by atoms with Crippen molar-refractivity contribution in [2.24, 2.45) is 11.8 Å². The minimum atomic E-state index is -0.412. The number of aromatic nitrogens is 4. The number of tetrazole rings is 1. The fourth-order valence-corrected chi connectivity index (χ4v) is 4.62. The topological polar surface area (TPSA) is 91.8 Å². The number of nitrogens with one attached hydrogen (secondary N) is 1. The third-order valence-corrected chi connectivity index (χ3v) is 6.21. The fraction of sp³-hybridized carbons (Fsp3) is 0.500. The number of allylic oxidation sites excluding steroid dienone is 4. The van der Waals surface area contributed by atoms with Crippen LogP contribution in [0.25, 0.3) is 11.1 Å². The van der Waals surface area contributed by atoms with Crippen LogP contribution in [0.1, 0.15) is 77.3 Å². The molecule has 3 rings (SSSR count). The van der Waals surface area contributed by atoms with Gasteiger partial charge in [-0.1, -0.05) is 70.5 Å². The van der Waals surface area contributed by atoms with Gasteiger partial charge >= 0.3 is 0 Å². The summed E-state index contributed by atoms with van der Waals surface area (Å²) in [6.07, 6.45) is 7.40. The Morgan fingerprint density at radius 1 is 1.21 bits per heavy atom. The van der Waals surface area contributed by atoms with E-state index in [0.29, 0.717) is 24.7 Å². The van der Waals surface area contributed by atoms with Gasteiger partial charge < -0.3 is 4.90 Å². The van der Waals surface area contributed by atoms with Crippen molar-refractivity contribution < 1.29 is 9.59 Å². The van der Waals surface area contributed by atoms with Crippen molar-refractivity contribution in [3.05, 3.63) is 53.4 Å². The molecule has 0 spiro atoms. The van der Waals surface area contributed by atoms with Crippen molar-refractivity contribution in [1.82, 2.24) is 25.5 Å². The van der Waals surface area contributed by atoms with Gasteiger partial charge in [0.05, 0.1) is 6.04 Å². The molecule has 1 heterocycles. The summed E-state index contributed by atoms with van der Waals surface area (Å²) in [5.41, 5.74) is 4.27. The predicted octanol–water partition coefficient (Wildman–Crippen LogP) is 4.84. The van der Waals surface area contributed by atoms with E-state index >= 15 is 0 Å². The van der Waals surface area contributed by atoms with Crippen LogP contribution in [0.4, 0.5) is 0 Å². The lowest BCUT2D eigenvalue weighted by Gasteiger charge is -2.33. The van der Waals surface area contributed by atoms with Gasteiger partial charge in [0.25, 0.3) is 0 Å². The number of aromatic amines is 1. The highest BCUT2D eigenvalue weighted by atomic mass is 16.2. The van der Waals surface area contributed by atoms with Crippen LogP contribution in [-0.2, 0) is 16.1 Å². The van der Waals surface area contributed by atoms with Crippen molar-refractivity contribution in [3.8, 4) is 0 Å². The zero-order valence-electron chi connectivity index (χ0n) is 20.3. The first-order chi connectivity index (χ1) is 15.8. The Labute approximate surface area is 196 Å². The van der Waals surface area contributed by atoms with Gasteiger partial charge in [0.15, 0.2) is 5.78 Å². The third kappa shape index (κ3) is 5.83. The molecule has 176 valence electrons. The highest BCUT2D eigenvalue weighted by molar-refractivity contribution is 5.95. The van der Waals surface area contributed by atoms with Crippen LogP contribution >= 0.6 is 0 Å². The monoisotopic (exact) mass is 449 g/mol. The maximum atomic E-state index is 13.0. The lowest BCUT2D eigenvalue weighted by molar-refractivity contribution is -0.141. The summed E-state index contributed by atoms with van der Waals surface area (Å²) in [7, 11) is 0. The molecule has 33 heavy (non-hydrogen) atoms. The smallest absolute Gasteiger partial charge is 0.223 e. The zero-order chi connectivity index (χ0) is 24.0. The molecule has 0 radical (unpaired) electrons. The molecule has 1 amide bonds. The number of hydrogen-bond acceptors (Lipinski definition) is 5. The van der Waals surface area contributed by atoms with Crippen molar-refractivity contribution in [2.45, 2.75) is 72.9 Å². The second-order valence-electron chi connectivity index (χ2n) is 9.22. The highest BCUT2D eigenvalue weighted by Crippen LogP contribution is 2.37. The van der Waals surface area contributed by atoms with E-state index in [9.17, 15) is 9.59 Å². The van der Waals surface area contributed by atoms with E-state index in [4.69, 9.17) is 0 Å². The quantitative estimate of drug-likeness (QED) is 0.560. The van der Waals surface area contributed by atoms with E-state index in [0.717, 1.165) is 36.0 Å². The van der Waals surface area contributed by atoms with Crippen LogP contribution in [0.2, 0.25) is 0 Å². The second-order valence-corrected chi connectivity index (χ2v) is 9.22. The van der Waals surface area contributed by atoms with E-state index < -0.39 is 6.04 Å². The van der Waals surface area contributed by atoms with Gasteiger partial charge in [-0.2, -0.15) is 5.21 Å². The van der Waals surface area contributed by atoms with Gasteiger partial charge in [0.2, 0.25) is 11.7 Å². The van der Waals surface area contributed by atoms with E-state index in [1.54, 1.807) is 11.8 Å². The highest BCUT2D eigenvalue weighted by Gasteiger charge is 2.30. The molecule has 1 aliphatic rings. The molecule has 1 N–H and O–H groups in total. The Morgan fingerprint density at radius 3 is 2.52 bits per heavy atom. The van der Waals surface area contributed by atoms with Crippen LogP contribution in [0, 0.1) is 11.8 Å². The lowest BCUT2D eigenvalue weighted by Crippen LogP contribution is -2.46. The van der Waals surface area contributed by atoms with Crippen molar-refractivity contribution in [3.63, 3.8) is 0 Å². The van der Waals surface area contributed by atoms with Gasteiger partial charge in [0, 0.05) is 18.5 Å². The SMILES string of the molecule is CCCCC(=O)N(Cc1ccc(C2=C(c3nn[nH]n3)C=CCC2C)cc1)C(C(C)=O)C(C)C. The number of ketones is 1. The number of Topliss-reactive ketones (excluding diaryl/α,β-unsaturated/α-hetero) is 1. The number of H-pyrrole nitrogens is 1. The van der Waals surface area contributed by atoms with E-state index in [2.05, 4.69) is 70.9 Å². The minimum absolute atomic E-state index is 0.0317. The third-order valence-electron chi connectivity index (χ3n) is 6.21. The Hall–Kier alpha value is -3.09. The average Bonchev–Trinajstić information content (AvgIpc) is 3.32. The molecule has 0 fully saturated rings. The van der Waals surface area contributed by atoms with Gasteiger partial charge in [-0.25, -0.2) is 0 Å². The maximum Gasteiger partial charge on any atom is 0.223 e. The molecular weight excluding hydrogens is 414 g/mol. The Bertz CT molecular complexity index is 1010. The van der Waals surface area contributed by atoms with E-state index in [1.807, 2.05) is 13.8 Å². The normalized spacial score (nSPS) is 16.8. The summed E-state index contributed by atoms with van der Waals surface area (Å²) in [4.78, 5) is 27.2. The van der Waals surface area contributed by atoms with Crippen LogP contribution in [-0.4, -0.2) is 43.3 Å². The number of nitrogens with zero attached hydrogens (tertiary/aromatic N) is 4. The molecule has 1 aliphatic carbocycles. The summed E-state index contributed by atoms with van der Waals surface area (Å²) in [5.74, 6) is 1.05. The van der Waals surface area contributed by atoms with Crippen LogP contribution < -0.4 is 0 Å². The first-order valence-corrected chi connectivity index (χ1v) is 11.9. The van der Waals surface area contributed by atoms with Crippen molar-refractivity contribution in [2.75, 3.05) is 0 Å². The molecular formula is C26H35N5O2. The first-order valence-electron chi connectivity index (χ1n) is 11.9. The molecule has 1 aromatic heterocycles. The van der Waals surface area contributed by atoms with Crippen LogP contribution in [0.15, 0.2) is 36.4 Å². The average molecular weight is 450 g/mol. The molecule has 7 heteroatoms. The minimum Gasteiger partial charge on any atom is -0.328 e. The fourth-order valence-electron chi connectivity index (χ4n) is 4.62. The van der Waals surface area contributed by atoms with Crippen LogP contribution in [0.3, 0.4) is 0 Å². The standard InChI is InChI=1S/C26H35N5O2/c1-6-7-11-23(33)31(25(17(2)3)19(5)32)16-20-12-14-21(15-13-20)24-18(4)9-8-10-22(24)26-27-29-30-28-26/h8,10,12-15,17-18,25H,6-7,9,11,16H2,1-5H3,(H,27,28,29,30). The number of benzene rings is 1. The van der Waals surface area contributed by atoms with Crippen LogP contribution in [0.5, 0.6) is 0 Å². The summed E-state index contributed by atoms with van der Waals surface area (Å²) < 4.78 is 0. The van der Waals surface area contributed by atoms with E-state index in [1.165, 1.54) is 5.57 Å². The van der Waals surface area contributed by atoms with Crippen molar-refractivity contribution in [1.29, 1.82) is 0 Å². The van der Waals surface area contributed by atoms with Gasteiger partial charge in [-0.3, -0.25) is 9.59 Å². The number of carbonyl (C=O) groups is 2. The predicted molar refractivity (Wildman–Crippen MR) is 130 cm³/mol. The molecule has 2 atom stereocenters. The summed E-state index contributed by atoms with van der Waals surface area (Å²) in [6.45, 7) is 10.3. The van der Waals surface area contributed by atoms with Gasteiger partial charge in [-0.15, -0.1) is 10.2 Å². The molecule has 0 saturated heterocycles. The van der Waals surface area contributed by atoms with Gasteiger partial charge in [-0.05, 0) is 53.5 Å². The second kappa shape index (κ2) is 11.2. The zero-order valence-corrected chi connectivity index (χ0v) is 20.3. The molecule has 0 bridgehead atoms. The Morgan fingerprint density at radius 2 is 1.94 bits per heavy atom.